The summed E-state index contributed by atoms with van der Waals surface area (Å²) in [5.41, 5.74) is -2.58. The van der Waals surface area contributed by atoms with Gasteiger partial charge in [-0.05, 0) is 27.7 Å². The minimum absolute atomic E-state index is 0.0971. The van der Waals surface area contributed by atoms with E-state index < -0.39 is 23.2 Å². The number of rotatable bonds is 6. The first kappa shape index (κ1) is 17.3. The molecule has 0 spiro atoms. The van der Waals surface area contributed by atoms with Crippen molar-refractivity contribution < 1.29 is 24.4 Å². The zero-order chi connectivity index (χ0) is 16.4. The molecule has 0 aliphatic carbocycles. The molecule has 0 aliphatic rings. The average Bonchev–Trinajstić information content (AvgIpc) is 2.35. The quantitative estimate of drug-likeness (QED) is 0.439. The van der Waals surface area contributed by atoms with Crippen molar-refractivity contribution in [3.8, 4) is 5.88 Å². The Morgan fingerprint density at radius 3 is 2.38 bits per heavy atom. The van der Waals surface area contributed by atoms with Gasteiger partial charge in [-0.3, -0.25) is 10.1 Å². The van der Waals surface area contributed by atoms with E-state index in [1.165, 1.54) is 27.2 Å². The zero-order valence-corrected chi connectivity index (χ0v) is 12.7. The third kappa shape index (κ3) is 3.90. The molecule has 1 aromatic rings. The standard InChI is InChI=1S/C12H19BN2O6/c1-11(2,16)12(3,4)21-13(17)8-6-9(15(18)19)10(20-5)14-7-8/h6-7,16-17H,1-5H3. The van der Waals surface area contributed by atoms with Crippen molar-refractivity contribution >= 4 is 18.3 Å². The molecule has 0 radical (unpaired) electrons. The Morgan fingerprint density at radius 1 is 1.38 bits per heavy atom. The van der Waals surface area contributed by atoms with E-state index in [1.54, 1.807) is 13.8 Å². The van der Waals surface area contributed by atoms with E-state index in [4.69, 9.17) is 9.39 Å². The van der Waals surface area contributed by atoms with Gasteiger partial charge >= 0.3 is 12.8 Å². The van der Waals surface area contributed by atoms with Gasteiger partial charge in [-0.25, -0.2) is 4.98 Å². The fraction of sp³-hybridized carbons (Fsp3) is 0.583. The van der Waals surface area contributed by atoms with Crippen LogP contribution in [0.15, 0.2) is 12.3 Å². The summed E-state index contributed by atoms with van der Waals surface area (Å²) in [6.07, 6.45) is 1.22. The summed E-state index contributed by atoms with van der Waals surface area (Å²) in [4.78, 5) is 14.0. The van der Waals surface area contributed by atoms with Crippen molar-refractivity contribution in [1.29, 1.82) is 0 Å². The molecular weight excluding hydrogens is 279 g/mol. The predicted molar refractivity (Wildman–Crippen MR) is 76.5 cm³/mol. The first-order valence-corrected chi connectivity index (χ1v) is 6.26. The average molecular weight is 298 g/mol. The summed E-state index contributed by atoms with van der Waals surface area (Å²) in [7, 11) is -0.206. The number of pyridine rings is 1. The van der Waals surface area contributed by atoms with Crippen molar-refractivity contribution in [1.82, 2.24) is 4.98 Å². The van der Waals surface area contributed by atoms with Gasteiger partial charge in [-0.2, -0.15) is 0 Å². The van der Waals surface area contributed by atoms with Crippen molar-refractivity contribution in [2.24, 2.45) is 0 Å². The monoisotopic (exact) mass is 298 g/mol. The highest BCUT2D eigenvalue weighted by Crippen LogP contribution is 2.26. The van der Waals surface area contributed by atoms with Crippen LogP contribution in [0.25, 0.3) is 0 Å². The summed E-state index contributed by atoms with van der Waals surface area (Å²) in [6.45, 7) is 6.27. The summed E-state index contributed by atoms with van der Waals surface area (Å²) in [5.74, 6) is -0.155. The van der Waals surface area contributed by atoms with E-state index in [0.29, 0.717) is 0 Å². The summed E-state index contributed by atoms with van der Waals surface area (Å²) >= 11 is 0. The summed E-state index contributed by atoms with van der Waals surface area (Å²) in [6, 6.07) is 1.12. The van der Waals surface area contributed by atoms with Crippen LogP contribution in [0.5, 0.6) is 5.88 Å². The lowest BCUT2D eigenvalue weighted by atomic mass is 9.77. The fourth-order valence-electron chi connectivity index (χ4n) is 1.37. The molecule has 9 heteroatoms. The number of hydrogen-bond acceptors (Lipinski definition) is 7. The highest BCUT2D eigenvalue weighted by atomic mass is 16.6. The van der Waals surface area contributed by atoms with Crippen LogP contribution in [-0.4, -0.2) is 45.5 Å². The van der Waals surface area contributed by atoms with E-state index >= 15 is 0 Å². The molecule has 2 N–H and O–H groups in total. The van der Waals surface area contributed by atoms with Crippen LogP contribution in [0, 0.1) is 10.1 Å². The zero-order valence-electron chi connectivity index (χ0n) is 12.7. The molecule has 0 saturated heterocycles. The highest BCUT2D eigenvalue weighted by molar-refractivity contribution is 6.60. The second-order valence-corrected chi connectivity index (χ2v) is 5.59. The molecule has 116 valence electrons. The first-order chi connectivity index (χ1) is 9.49. The SMILES string of the molecule is COc1ncc(B(O)OC(C)(C)C(C)(C)O)cc1[N+](=O)[O-]. The third-order valence-electron chi connectivity index (χ3n) is 3.41. The maximum absolute atomic E-state index is 10.9. The summed E-state index contributed by atoms with van der Waals surface area (Å²) in [5, 5.41) is 31.0. The molecule has 0 bridgehead atoms. The molecular formula is C12H19BN2O6. The number of aliphatic hydroxyl groups is 1. The van der Waals surface area contributed by atoms with Crippen LogP contribution in [0.4, 0.5) is 5.69 Å². The van der Waals surface area contributed by atoms with Gasteiger partial charge < -0.3 is 19.5 Å². The number of nitrogens with zero attached hydrogens (tertiary/aromatic N) is 2. The van der Waals surface area contributed by atoms with Crippen LogP contribution in [-0.2, 0) is 4.65 Å². The highest BCUT2D eigenvalue weighted by Gasteiger charge is 2.40. The van der Waals surface area contributed by atoms with Crippen LogP contribution in [0.3, 0.4) is 0 Å². The number of aromatic nitrogens is 1. The molecule has 1 aromatic heterocycles. The van der Waals surface area contributed by atoms with Crippen LogP contribution in [0.2, 0.25) is 0 Å². The molecule has 1 heterocycles. The van der Waals surface area contributed by atoms with Crippen LogP contribution < -0.4 is 10.2 Å². The lowest BCUT2D eigenvalue weighted by Crippen LogP contribution is -2.53. The second-order valence-electron chi connectivity index (χ2n) is 5.59. The van der Waals surface area contributed by atoms with Crippen molar-refractivity contribution in [3.05, 3.63) is 22.4 Å². The Bertz CT molecular complexity index is 529. The minimum Gasteiger partial charge on any atom is -0.476 e. The molecule has 0 atom stereocenters. The molecule has 1 rings (SSSR count). The molecule has 0 amide bonds. The van der Waals surface area contributed by atoms with E-state index in [9.17, 15) is 20.2 Å². The lowest BCUT2D eigenvalue weighted by Gasteiger charge is -2.38. The van der Waals surface area contributed by atoms with Gasteiger partial charge in [-0.15, -0.1) is 0 Å². The number of nitro groups is 1. The maximum Gasteiger partial charge on any atom is 0.493 e. The molecule has 21 heavy (non-hydrogen) atoms. The van der Waals surface area contributed by atoms with Gasteiger partial charge in [0.15, 0.2) is 0 Å². The molecule has 0 aromatic carbocycles. The van der Waals surface area contributed by atoms with E-state index in [1.807, 2.05) is 0 Å². The Kier molecular flexibility index (Phi) is 4.93. The molecule has 8 nitrogen and oxygen atoms in total. The Labute approximate surface area is 123 Å². The number of hydrogen-bond donors (Lipinski definition) is 2. The molecule has 0 fully saturated rings. The van der Waals surface area contributed by atoms with Gasteiger partial charge in [0.25, 0.3) is 5.88 Å². The van der Waals surface area contributed by atoms with Crippen LogP contribution in [0.1, 0.15) is 27.7 Å². The van der Waals surface area contributed by atoms with Gasteiger partial charge in [0.2, 0.25) is 0 Å². The smallest absolute Gasteiger partial charge is 0.476 e. The van der Waals surface area contributed by atoms with E-state index in [0.717, 1.165) is 6.07 Å². The lowest BCUT2D eigenvalue weighted by molar-refractivity contribution is -0.386. The first-order valence-electron chi connectivity index (χ1n) is 6.26. The predicted octanol–water partition coefficient (Wildman–Crippen LogP) is 0.252. The fourth-order valence-corrected chi connectivity index (χ4v) is 1.37. The molecule has 0 saturated carbocycles. The Hall–Kier alpha value is -1.71. The number of ether oxygens (including phenoxy) is 1. The maximum atomic E-state index is 10.9. The summed E-state index contributed by atoms with van der Waals surface area (Å²) < 4.78 is 10.2. The van der Waals surface area contributed by atoms with E-state index in [-0.39, 0.29) is 17.0 Å². The van der Waals surface area contributed by atoms with Gasteiger partial charge in [0, 0.05) is 17.7 Å². The minimum atomic E-state index is -1.47. The van der Waals surface area contributed by atoms with Crippen molar-refractivity contribution in [3.63, 3.8) is 0 Å². The number of methoxy groups -OCH3 is 1. The molecule has 0 aliphatic heterocycles. The van der Waals surface area contributed by atoms with Crippen LogP contribution >= 0.6 is 0 Å². The van der Waals surface area contributed by atoms with Crippen molar-refractivity contribution in [2.45, 2.75) is 38.9 Å². The normalized spacial score (nSPS) is 12.1. The van der Waals surface area contributed by atoms with Gasteiger partial charge in [0.05, 0.1) is 23.2 Å². The van der Waals surface area contributed by atoms with Crippen molar-refractivity contribution in [2.75, 3.05) is 7.11 Å². The molecule has 0 unspecified atom stereocenters. The third-order valence-corrected chi connectivity index (χ3v) is 3.41. The van der Waals surface area contributed by atoms with Gasteiger partial charge in [0.1, 0.15) is 0 Å². The second kappa shape index (κ2) is 5.96. The van der Waals surface area contributed by atoms with E-state index in [2.05, 4.69) is 4.98 Å². The largest absolute Gasteiger partial charge is 0.493 e. The Morgan fingerprint density at radius 2 is 1.95 bits per heavy atom. The van der Waals surface area contributed by atoms with Gasteiger partial charge in [-0.1, -0.05) is 0 Å². The Balaban J connectivity index is 3.06. The topological polar surface area (TPSA) is 115 Å².